The van der Waals surface area contributed by atoms with Crippen LogP contribution in [0.25, 0.3) is 0 Å². The van der Waals surface area contributed by atoms with Crippen molar-refractivity contribution in [2.45, 2.75) is 65.3 Å². The SMILES string of the molecule is CCCOC(OCCC)C(=O)C(CC)(OCCC)C(=O)O.[Zr]. The molecule has 22 heavy (non-hydrogen) atoms. The summed E-state index contributed by atoms with van der Waals surface area (Å²) in [7, 11) is 0. The van der Waals surface area contributed by atoms with Gasteiger partial charge in [-0.25, -0.2) is 4.79 Å². The van der Waals surface area contributed by atoms with Gasteiger partial charge in [0, 0.05) is 46.0 Å². The Morgan fingerprint density at radius 1 is 0.955 bits per heavy atom. The molecule has 0 aromatic carbocycles. The van der Waals surface area contributed by atoms with E-state index >= 15 is 0 Å². The minimum Gasteiger partial charge on any atom is -0.479 e. The van der Waals surface area contributed by atoms with E-state index in [1.54, 1.807) is 6.92 Å². The van der Waals surface area contributed by atoms with E-state index in [1.807, 2.05) is 20.8 Å². The van der Waals surface area contributed by atoms with E-state index < -0.39 is 23.6 Å². The van der Waals surface area contributed by atoms with Gasteiger partial charge in [0.15, 0.2) is 0 Å². The Hall–Kier alpha value is -0.0969. The molecule has 1 unspecified atom stereocenters. The van der Waals surface area contributed by atoms with Gasteiger partial charge in [-0.1, -0.05) is 27.7 Å². The molecule has 0 heterocycles. The van der Waals surface area contributed by atoms with E-state index in [9.17, 15) is 14.7 Å². The van der Waals surface area contributed by atoms with Gasteiger partial charge in [0.05, 0.1) is 0 Å². The van der Waals surface area contributed by atoms with Gasteiger partial charge in [-0.3, -0.25) is 4.79 Å². The molecular formula is C15H28O6Zr. The predicted molar refractivity (Wildman–Crippen MR) is 78.2 cm³/mol. The van der Waals surface area contributed by atoms with Crippen LogP contribution >= 0.6 is 0 Å². The number of ketones is 1. The average molecular weight is 396 g/mol. The number of hydrogen-bond donors (Lipinski definition) is 1. The maximum atomic E-state index is 12.6. The van der Waals surface area contributed by atoms with Gasteiger partial charge in [-0.2, -0.15) is 0 Å². The maximum Gasteiger partial charge on any atom is 0.344 e. The molecule has 0 amide bonds. The van der Waals surface area contributed by atoms with Gasteiger partial charge in [0.1, 0.15) is 0 Å². The summed E-state index contributed by atoms with van der Waals surface area (Å²) in [5.41, 5.74) is -1.90. The van der Waals surface area contributed by atoms with Crippen molar-refractivity contribution in [1.29, 1.82) is 0 Å². The number of carbonyl (C=O) groups excluding carboxylic acids is 1. The standard InChI is InChI=1S/C15H28O6.Zr/c1-5-9-19-13(20-10-6-2)12(16)15(8-4,14(17)18)21-11-7-3;/h13H,5-11H2,1-4H3,(H,17,18);. The molecule has 1 N–H and O–H groups in total. The van der Waals surface area contributed by atoms with Gasteiger partial charge >= 0.3 is 5.97 Å². The van der Waals surface area contributed by atoms with Crippen LogP contribution in [0.5, 0.6) is 0 Å². The van der Waals surface area contributed by atoms with Crippen LogP contribution < -0.4 is 0 Å². The first-order valence-corrected chi connectivity index (χ1v) is 7.64. The minimum atomic E-state index is -1.90. The van der Waals surface area contributed by atoms with Crippen LogP contribution in [0.1, 0.15) is 53.4 Å². The smallest absolute Gasteiger partial charge is 0.344 e. The number of carboxylic acids is 1. The van der Waals surface area contributed by atoms with Crippen LogP contribution in [0.3, 0.4) is 0 Å². The number of aliphatic carboxylic acids is 1. The van der Waals surface area contributed by atoms with Crippen molar-refractivity contribution in [3.63, 3.8) is 0 Å². The fraction of sp³-hybridized carbons (Fsp3) is 0.867. The first kappa shape index (κ1) is 24.2. The van der Waals surface area contributed by atoms with Crippen molar-refractivity contribution in [1.82, 2.24) is 0 Å². The molecule has 0 saturated carbocycles. The third-order valence-corrected chi connectivity index (χ3v) is 2.95. The Morgan fingerprint density at radius 3 is 1.73 bits per heavy atom. The molecule has 128 valence electrons. The van der Waals surface area contributed by atoms with Gasteiger partial charge in [0.25, 0.3) is 0 Å². The predicted octanol–water partition coefficient (Wildman–Crippen LogP) is 2.39. The van der Waals surface area contributed by atoms with Gasteiger partial charge in [-0.15, -0.1) is 0 Å². The van der Waals surface area contributed by atoms with Gasteiger partial charge in [-0.05, 0) is 25.7 Å². The first-order valence-electron chi connectivity index (χ1n) is 7.64. The molecule has 0 fully saturated rings. The topological polar surface area (TPSA) is 82.1 Å². The number of Topliss-reactive ketones (excluding diaryl/α,β-unsaturated/α-hetero) is 1. The van der Waals surface area contributed by atoms with Crippen molar-refractivity contribution < 1.29 is 55.1 Å². The summed E-state index contributed by atoms with van der Waals surface area (Å²) in [5.74, 6) is -1.97. The molecule has 0 saturated heterocycles. The molecule has 0 radical (unpaired) electrons. The number of carbonyl (C=O) groups is 2. The monoisotopic (exact) mass is 394 g/mol. The van der Waals surface area contributed by atoms with Gasteiger partial charge < -0.3 is 19.3 Å². The Balaban J connectivity index is 0. The molecule has 0 aliphatic rings. The van der Waals surface area contributed by atoms with E-state index in [-0.39, 0.29) is 39.2 Å². The Kier molecular flexibility index (Phi) is 14.7. The number of ether oxygens (including phenoxy) is 3. The molecule has 0 aliphatic carbocycles. The molecule has 0 spiro atoms. The zero-order chi connectivity index (χ0) is 16.3. The molecular weight excluding hydrogens is 367 g/mol. The molecule has 6 nitrogen and oxygen atoms in total. The second-order valence-electron chi connectivity index (χ2n) is 4.77. The van der Waals surface area contributed by atoms with Gasteiger partial charge in [0.2, 0.25) is 17.7 Å². The van der Waals surface area contributed by atoms with E-state index in [1.165, 1.54) is 0 Å². The molecule has 0 aliphatic heterocycles. The molecule has 1 atom stereocenters. The van der Waals surface area contributed by atoms with Crippen LogP contribution in [0.15, 0.2) is 0 Å². The quantitative estimate of drug-likeness (QED) is 0.381. The second kappa shape index (κ2) is 13.4. The van der Waals surface area contributed by atoms with Crippen LogP contribution in [0, 0.1) is 0 Å². The van der Waals surface area contributed by atoms with Crippen molar-refractivity contribution in [3.8, 4) is 0 Å². The average Bonchev–Trinajstić information content (AvgIpc) is 2.48. The van der Waals surface area contributed by atoms with Crippen LogP contribution in [-0.4, -0.2) is 48.6 Å². The summed E-state index contributed by atoms with van der Waals surface area (Å²) >= 11 is 0. The summed E-state index contributed by atoms with van der Waals surface area (Å²) in [4.78, 5) is 24.2. The fourth-order valence-corrected chi connectivity index (χ4v) is 1.78. The number of hydrogen-bond acceptors (Lipinski definition) is 5. The summed E-state index contributed by atoms with van der Waals surface area (Å²) in [6.45, 7) is 8.11. The normalized spacial score (nSPS) is 13.5. The van der Waals surface area contributed by atoms with E-state index in [4.69, 9.17) is 14.2 Å². The summed E-state index contributed by atoms with van der Waals surface area (Å²) in [6.07, 6.45) is 0.877. The van der Waals surface area contributed by atoms with E-state index in [2.05, 4.69) is 0 Å². The molecule has 0 aromatic rings. The fourth-order valence-electron chi connectivity index (χ4n) is 1.78. The number of rotatable bonds is 13. The first-order chi connectivity index (χ1) is 9.99. The summed E-state index contributed by atoms with van der Waals surface area (Å²) in [6, 6.07) is 0. The zero-order valence-electron chi connectivity index (χ0n) is 14.0. The van der Waals surface area contributed by atoms with Crippen LogP contribution in [0.2, 0.25) is 0 Å². The van der Waals surface area contributed by atoms with Crippen molar-refractivity contribution >= 4 is 11.8 Å². The Labute approximate surface area is 152 Å². The molecule has 7 heteroatoms. The largest absolute Gasteiger partial charge is 0.479 e. The Bertz CT molecular complexity index is 315. The van der Waals surface area contributed by atoms with E-state index in [0.717, 1.165) is 0 Å². The van der Waals surface area contributed by atoms with E-state index in [0.29, 0.717) is 32.5 Å². The van der Waals surface area contributed by atoms with Crippen molar-refractivity contribution in [2.24, 2.45) is 0 Å². The summed E-state index contributed by atoms with van der Waals surface area (Å²) in [5, 5.41) is 9.46. The maximum absolute atomic E-state index is 12.6. The Morgan fingerprint density at radius 2 is 1.41 bits per heavy atom. The third kappa shape index (κ3) is 6.99. The minimum absolute atomic E-state index is 0. The third-order valence-electron chi connectivity index (χ3n) is 2.95. The van der Waals surface area contributed by atoms with Crippen molar-refractivity contribution in [2.75, 3.05) is 19.8 Å². The van der Waals surface area contributed by atoms with Crippen LogP contribution in [-0.2, 0) is 50.0 Å². The molecule has 0 aromatic heterocycles. The van der Waals surface area contributed by atoms with Crippen molar-refractivity contribution in [3.05, 3.63) is 0 Å². The summed E-state index contributed by atoms with van der Waals surface area (Å²) < 4.78 is 16.1. The number of carboxylic acid groups (broad SMARTS) is 1. The second-order valence-corrected chi connectivity index (χ2v) is 4.77. The molecule has 0 rings (SSSR count). The zero-order valence-corrected chi connectivity index (χ0v) is 16.5. The van der Waals surface area contributed by atoms with Crippen LogP contribution in [0.4, 0.5) is 0 Å². The molecule has 0 bridgehead atoms.